The van der Waals surface area contributed by atoms with Crippen molar-refractivity contribution in [3.05, 3.63) is 0 Å². The Labute approximate surface area is 124 Å². The summed E-state index contributed by atoms with van der Waals surface area (Å²) >= 11 is 0. The van der Waals surface area contributed by atoms with Gasteiger partial charge in [-0.3, -0.25) is 14.9 Å². The van der Waals surface area contributed by atoms with Gasteiger partial charge in [-0.25, -0.2) is 4.79 Å². The van der Waals surface area contributed by atoms with Gasteiger partial charge in [0.2, 0.25) is 5.91 Å². The molecule has 0 aromatic heterocycles. The molecule has 2 aliphatic rings. The molecule has 1 heterocycles. The average Bonchev–Trinajstić information content (AvgIpc) is 2.65. The minimum absolute atomic E-state index is 0.0821. The fourth-order valence-electron chi connectivity index (χ4n) is 3.12. The fourth-order valence-corrected chi connectivity index (χ4v) is 3.12. The van der Waals surface area contributed by atoms with E-state index in [9.17, 15) is 14.4 Å². The zero-order valence-electron chi connectivity index (χ0n) is 12.4. The lowest BCUT2D eigenvalue weighted by atomic mass is 9.88. The Bertz CT molecular complexity index is 416. The molecule has 0 atom stereocenters. The maximum Gasteiger partial charge on any atom is 0.325 e. The smallest absolute Gasteiger partial charge is 0.325 e. The minimum Gasteiger partial charge on any atom is -0.383 e. The standard InChI is InChI=1S/C14H23N3O4/c1-21-9-8-15-11(18)10-17-13(20)16-12(19)14(17)6-4-2-3-5-7-14/h2-10H2,1H3,(H,15,18)(H,16,19,20). The second-order valence-electron chi connectivity index (χ2n) is 5.63. The van der Waals surface area contributed by atoms with Crippen molar-refractivity contribution in [1.29, 1.82) is 0 Å². The Morgan fingerprint density at radius 2 is 1.95 bits per heavy atom. The molecule has 118 valence electrons. The van der Waals surface area contributed by atoms with Gasteiger partial charge in [0.1, 0.15) is 12.1 Å². The molecular formula is C14H23N3O4. The summed E-state index contributed by atoms with van der Waals surface area (Å²) < 4.78 is 4.87. The van der Waals surface area contributed by atoms with Crippen LogP contribution in [0.25, 0.3) is 0 Å². The van der Waals surface area contributed by atoms with Crippen LogP contribution in [-0.2, 0) is 14.3 Å². The highest BCUT2D eigenvalue weighted by atomic mass is 16.5. The van der Waals surface area contributed by atoms with Crippen LogP contribution < -0.4 is 10.6 Å². The summed E-state index contributed by atoms with van der Waals surface area (Å²) in [4.78, 5) is 37.6. The molecule has 4 amide bonds. The number of nitrogens with zero attached hydrogens (tertiary/aromatic N) is 1. The van der Waals surface area contributed by atoms with Gasteiger partial charge in [0.15, 0.2) is 0 Å². The molecule has 1 saturated carbocycles. The van der Waals surface area contributed by atoms with E-state index in [1.54, 1.807) is 7.11 Å². The Morgan fingerprint density at radius 1 is 1.29 bits per heavy atom. The first-order chi connectivity index (χ1) is 10.1. The SMILES string of the molecule is COCCNC(=O)CN1C(=O)NC(=O)C12CCCCCC2. The van der Waals surface area contributed by atoms with Gasteiger partial charge in [0.25, 0.3) is 5.91 Å². The topological polar surface area (TPSA) is 87.7 Å². The van der Waals surface area contributed by atoms with E-state index >= 15 is 0 Å². The largest absolute Gasteiger partial charge is 0.383 e. The van der Waals surface area contributed by atoms with Crippen molar-refractivity contribution in [2.75, 3.05) is 26.8 Å². The predicted molar refractivity (Wildman–Crippen MR) is 75.6 cm³/mol. The van der Waals surface area contributed by atoms with Crippen LogP contribution in [0.1, 0.15) is 38.5 Å². The summed E-state index contributed by atoms with van der Waals surface area (Å²) in [5, 5.41) is 5.06. The molecule has 0 aromatic carbocycles. The predicted octanol–water partition coefficient (Wildman–Crippen LogP) is 0.394. The lowest BCUT2D eigenvalue weighted by Gasteiger charge is -2.34. The number of hydrogen-bond donors (Lipinski definition) is 2. The number of imide groups is 1. The quantitative estimate of drug-likeness (QED) is 0.568. The second kappa shape index (κ2) is 6.89. The van der Waals surface area contributed by atoms with Crippen LogP contribution in [0.4, 0.5) is 4.79 Å². The first kappa shape index (κ1) is 15.8. The number of methoxy groups -OCH3 is 1. The number of ether oxygens (including phenoxy) is 1. The summed E-state index contributed by atoms with van der Waals surface area (Å²) in [6, 6.07) is -0.455. The highest BCUT2D eigenvalue weighted by Crippen LogP contribution is 2.35. The molecule has 1 aliphatic heterocycles. The molecule has 1 aliphatic carbocycles. The number of rotatable bonds is 5. The Morgan fingerprint density at radius 3 is 2.57 bits per heavy atom. The van der Waals surface area contributed by atoms with E-state index in [1.807, 2.05) is 0 Å². The van der Waals surface area contributed by atoms with Gasteiger partial charge in [-0.15, -0.1) is 0 Å². The zero-order chi connectivity index (χ0) is 15.3. The Kier molecular flexibility index (Phi) is 5.17. The lowest BCUT2D eigenvalue weighted by Crippen LogP contribution is -2.52. The van der Waals surface area contributed by atoms with E-state index in [2.05, 4.69) is 10.6 Å². The van der Waals surface area contributed by atoms with Crippen LogP contribution >= 0.6 is 0 Å². The molecule has 21 heavy (non-hydrogen) atoms. The summed E-state index contributed by atoms with van der Waals surface area (Å²) in [6.45, 7) is 0.731. The van der Waals surface area contributed by atoms with E-state index in [1.165, 1.54) is 4.90 Å². The van der Waals surface area contributed by atoms with Crippen LogP contribution in [0.3, 0.4) is 0 Å². The van der Waals surface area contributed by atoms with Crippen molar-refractivity contribution in [3.8, 4) is 0 Å². The second-order valence-corrected chi connectivity index (χ2v) is 5.63. The van der Waals surface area contributed by atoms with Crippen molar-refractivity contribution in [1.82, 2.24) is 15.5 Å². The minimum atomic E-state index is -0.827. The number of hydrogen-bond acceptors (Lipinski definition) is 4. The fraction of sp³-hybridized carbons (Fsp3) is 0.786. The number of urea groups is 1. The van der Waals surface area contributed by atoms with Gasteiger partial charge in [-0.05, 0) is 12.8 Å². The van der Waals surface area contributed by atoms with Crippen LogP contribution in [0, 0.1) is 0 Å². The third-order valence-corrected chi connectivity index (χ3v) is 4.27. The molecule has 7 heteroatoms. The molecule has 0 bridgehead atoms. The molecule has 1 saturated heterocycles. The number of carbonyl (C=O) groups excluding carboxylic acids is 3. The molecule has 0 radical (unpaired) electrons. The van der Waals surface area contributed by atoms with Crippen LogP contribution in [0.15, 0.2) is 0 Å². The molecule has 2 fully saturated rings. The molecule has 2 rings (SSSR count). The first-order valence-electron chi connectivity index (χ1n) is 7.49. The lowest BCUT2D eigenvalue weighted by molar-refractivity contribution is -0.129. The molecule has 1 spiro atoms. The number of amides is 4. The van der Waals surface area contributed by atoms with Gasteiger partial charge in [-0.1, -0.05) is 25.7 Å². The average molecular weight is 297 g/mol. The van der Waals surface area contributed by atoms with E-state index in [-0.39, 0.29) is 18.4 Å². The maximum absolute atomic E-state index is 12.2. The normalized spacial score (nSPS) is 21.3. The van der Waals surface area contributed by atoms with Crippen molar-refractivity contribution in [2.45, 2.75) is 44.1 Å². The van der Waals surface area contributed by atoms with Crippen LogP contribution in [-0.4, -0.2) is 55.1 Å². The molecule has 0 unspecified atom stereocenters. The molecule has 7 nitrogen and oxygen atoms in total. The third-order valence-electron chi connectivity index (χ3n) is 4.27. The summed E-state index contributed by atoms with van der Waals surface area (Å²) in [5.74, 6) is -0.514. The molecular weight excluding hydrogens is 274 g/mol. The first-order valence-corrected chi connectivity index (χ1v) is 7.49. The van der Waals surface area contributed by atoms with Gasteiger partial charge < -0.3 is 15.0 Å². The summed E-state index contributed by atoms with van der Waals surface area (Å²) in [7, 11) is 1.55. The Balaban J connectivity index is 2.05. The molecule has 2 N–H and O–H groups in total. The van der Waals surface area contributed by atoms with Gasteiger partial charge in [-0.2, -0.15) is 0 Å². The summed E-state index contributed by atoms with van der Waals surface area (Å²) in [6.07, 6.45) is 5.21. The van der Waals surface area contributed by atoms with Crippen LogP contribution in [0.5, 0.6) is 0 Å². The summed E-state index contributed by atoms with van der Waals surface area (Å²) in [5.41, 5.74) is -0.827. The van der Waals surface area contributed by atoms with E-state index in [0.29, 0.717) is 26.0 Å². The highest BCUT2D eigenvalue weighted by molar-refractivity contribution is 6.08. The third kappa shape index (κ3) is 3.34. The maximum atomic E-state index is 12.2. The van der Waals surface area contributed by atoms with Gasteiger partial charge >= 0.3 is 6.03 Å². The van der Waals surface area contributed by atoms with Crippen molar-refractivity contribution in [3.63, 3.8) is 0 Å². The van der Waals surface area contributed by atoms with Crippen LogP contribution in [0.2, 0.25) is 0 Å². The van der Waals surface area contributed by atoms with Crippen molar-refractivity contribution < 1.29 is 19.1 Å². The molecule has 0 aromatic rings. The number of carbonyl (C=O) groups is 3. The Hall–Kier alpha value is -1.63. The van der Waals surface area contributed by atoms with Gasteiger partial charge in [0, 0.05) is 13.7 Å². The van der Waals surface area contributed by atoms with Crippen molar-refractivity contribution in [2.24, 2.45) is 0 Å². The highest BCUT2D eigenvalue weighted by Gasteiger charge is 2.52. The van der Waals surface area contributed by atoms with Gasteiger partial charge in [0.05, 0.1) is 6.61 Å². The monoisotopic (exact) mass is 297 g/mol. The van der Waals surface area contributed by atoms with E-state index < -0.39 is 11.6 Å². The van der Waals surface area contributed by atoms with E-state index in [0.717, 1.165) is 25.7 Å². The van der Waals surface area contributed by atoms with E-state index in [4.69, 9.17) is 4.74 Å². The van der Waals surface area contributed by atoms with Crippen molar-refractivity contribution >= 4 is 17.8 Å². The zero-order valence-corrected chi connectivity index (χ0v) is 12.4. The number of nitrogens with one attached hydrogen (secondary N) is 2.